The van der Waals surface area contributed by atoms with Crippen molar-refractivity contribution in [3.63, 3.8) is 0 Å². The fourth-order valence-electron chi connectivity index (χ4n) is 6.96. The summed E-state index contributed by atoms with van der Waals surface area (Å²) in [5.74, 6) is -2.13. The van der Waals surface area contributed by atoms with Crippen LogP contribution in [0.1, 0.15) is 80.2 Å². The minimum atomic E-state index is -5.14. The molecule has 2 N–H and O–H groups in total. The number of aromatic nitrogens is 4. The Labute approximate surface area is 285 Å². The molecule has 5 rings (SSSR count). The molecule has 2 aliphatic rings. The van der Waals surface area contributed by atoms with E-state index >= 15 is 0 Å². The van der Waals surface area contributed by atoms with Crippen molar-refractivity contribution in [2.45, 2.75) is 89.2 Å². The van der Waals surface area contributed by atoms with E-state index in [1.807, 2.05) is 0 Å². The molecule has 10 nitrogen and oxygen atoms in total. The zero-order valence-corrected chi connectivity index (χ0v) is 27.3. The first-order valence-corrected chi connectivity index (χ1v) is 16.0. The summed E-state index contributed by atoms with van der Waals surface area (Å²) in [5.41, 5.74) is 2.05. The van der Waals surface area contributed by atoms with Crippen molar-refractivity contribution in [3.8, 4) is 5.75 Å². The van der Waals surface area contributed by atoms with Gasteiger partial charge in [0, 0.05) is 36.2 Å². The quantitative estimate of drug-likeness (QED) is 0.233. The number of nitrogens with two attached hydrogens (primary N) is 1. The van der Waals surface area contributed by atoms with Gasteiger partial charge in [-0.1, -0.05) is 12.0 Å². The van der Waals surface area contributed by atoms with Crippen LogP contribution in [0.2, 0.25) is 0 Å². The van der Waals surface area contributed by atoms with Crippen molar-refractivity contribution in [1.29, 1.82) is 0 Å². The van der Waals surface area contributed by atoms with E-state index in [0.717, 1.165) is 16.9 Å². The van der Waals surface area contributed by atoms with E-state index in [0.29, 0.717) is 44.2 Å². The molecule has 2 atom stereocenters. The average molecular weight is 736 g/mol. The number of halogens is 9. The number of anilines is 2. The van der Waals surface area contributed by atoms with Crippen molar-refractivity contribution < 1.29 is 53.8 Å². The molecule has 19 heteroatoms. The Morgan fingerprint density at radius 3 is 2.08 bits per heavy atom. The van der Waals surface area contributed by atoms with Gasteiger partial charge in [0.1, 0.15) is 5.75 Å². The van der Waals surface area contributed by atoms with Crippen LogP contribution in [0.5, 0.6) is 5.75 Å². The molecule has 2 amide bonds. The smallest absolute Gasteiger partial charge is 0.406 e. The van der Waals surface area contributed by atoms with Crippen molar-refractivity contribution in [3.05, 3.63) is 58.7 Å². The number of aryl methyl sites for hydroxylation is 1. The summed E-state index contributed by atoms with van der Waals surface area (Å²) >= 11 is 0. The summed E-state index contributed by atoms with van der Waals surface area (Å²) < 4.78 is 127. The molecule has 51 heavy (non-hydrogen) atoms. The molecule has 0 bridgehead atoms. The molecule has 1 fully saturated rings. The van der Waals surface area contributed by atoms with Gasteiger partial charge >= 0.3 is 18.7 Å². The monoisotopic (exact) mass is 735 g/mol. The topological polar surface area (TPSA) is 119 Å². The number of tetrazole rings is 1. The standard InChI is InChI=1S/C32H34F9N7O3/c1-3-22-14-26(47(29-43-45-46(2)44-29)16-18-10-20(30(33,34)35)13-21(11-18)31(36,37)38)24-15-23(51-32(39,40)41)8-9-25(24)48(22)28(50)19-6-4-17(5-7-19)12-27(42)49/h8-11,13,15,17,19,22,26H,3-7,12,14,16H2,1-2H3,(H2,42,49)/t17-,19-,22-,26?/m1/s1. The maximum atomic E-state index is 14.2. The van der Waals surface area contributed by atoms with Crippen LogP contribution in [0.15, 0.2) is 36.4 Å². The number of fused-ring (bicyclic) bond motifs is 1. The van der Waals surface area contributed by atoms with Gasteiger partial charge in [-0.2, -0.15) is 31.1 Å². The first-order valence-electron chi connectivity index (χ1n) is 16.0. The van der Waals surface area contributed by atoms with Gasteiger partial charge in [-0.05, 0) is 91.6 Å². The molecule has 1 aromatic heterocycles. The van der Waals surface area contributed by atoms with Crippen LogP contribution >= 0.6 is 0 Å². The summed E-state index contributed by atoms with van der Waals surface area (Å²) in [5, 5.41) is 11.8. The maximum Gasteiger partial charge on any atom is 0.573 e. The fraction of sp³-hybridized carbons (Fsp3) is 0.531. The minimum absolute atomic E-state index is 0.00960. The molecule has 3 aromatic rings. The number of alkyl halides is 9. The van der Waals surface area contributed by atoms with Crippen LogP contribution in [0.4, 0.5) is 51.1 Å². The van der Waals surface area contributed by atoms with E-state index in [1.54, 1.807) is 6.92 Å². The van der Waals surface area contributed by atoms with E-state index in [9.17, 15) is 49.1 Å². The maximum absolute atomic E-state index is 14.2. The Hall–Kier alpha value is -4.58. The summed E-state index contributed by atoms with van der Waals surface area (Å²) in [7, 11) is 1.37. The summed E-state index contributed by atoms with van der Waals surface area (Å²) in [6.07, 6.45) is -12.9. The highest BCUT2D eigenvalue weighted by molar-refractivity contribution is 5.97. The van der Waals surface area contributed by atoms with E-state index in [4.69, 9.17) is 5.73 Å². The number of amides is 2. The second-order valence-electron chi connectivity index (χ2n) is 12.8. The van der Waals surface area contributed by atoms with Gasteiger partial charge in [0.15, 0.2) is 0 Å². The van der Waals surface area contributed by atoms with Gasteiger partial charge in [-0.3, -0.25) is 9.59 Å². The zero-order chi connectivity index (χ0) is 37.5. The average Bonchev–Trinajstić information content (AvgIpc) is 3.46. The van der Waals surface area contributed by atoms with Crippen molar-refractivity contribution in [2.24, 2.45) is 24.6 Å². The molecule has 1 unspecified atom stereocenters. The molecular formula is C32H34F9N7O3. The van der Waals surface area contributed by atoms with E-state index in [1.165, 1.54) is 22.9 Å². The molecule has 1 saturated carbocycles. The molecule has 0 radical (unpaired) electrons. The van der Waals surface area contributed by atoms with Gasteiger partial charge in [-0.15, -0.1) is 18.3 Å². The van der Waals surface area contributed by atoms with Gasteiger partial charge in [0.2, 0.25) is 11.8 Å². The van der Waals surface area contributed by atoms with Crippen molar-refractivity contribution >= 4 is 23.5 Å². The number of benzene rings is 2. The molecule has 1 aliphatic heterocycles. The van der Waals surface area contributed by atoms with Crippen LogP contribution in [0.25, 0.3) is 0 Å². The first-order chi connectivity index (χ1) is 23.7. The lowest BCUT2D eigenvalue weighted by atomic mass is 9.78. The molecule has 2 heterocycles. The Balaban J connectivity index is 1.61. The Morgan fingerprint density at radius 2 is 1.57 bits per heavy atom. The second-order valence-corrected chi connectivity index (χ2v) is 12.8. The Bertz CT molecular complexity index is 1700. The number of rotatable bonds is 9. The Kier molecular flexibility index (Phi) is 10.5. The predicted octanol–water partition coefficient (Wildman–Crippen LogP) is 7.09. The third-order valence-corrected chi connectivity index (χ3v) is 9.24. The number of ether oxygens (including phenoxy) is 1. The van der Waals surface area contributed by atoms with Crippen LogP contribution < -0.4 is 20.3 Å². The van der Waals surface area contributed by atoms with Gasteiger partial charge in [0.05, 0.1) is 24.2 Å². The van der Waals surface area contributed by atoms with Crippen LogP contribution in [0, 0.1) is 11.8 Å². The number of primary amides is 1. The SMILES string of the molecule is CC[C@@H]1CC(N(Cc2cc(C(F)(F)F)cc(C(F)(F)F)c2)c2nnn(C)n2)c2cc(OC(F)(F)F)ccc2N1C(=O)[C@H]1CC[C@H](CC(N)=O)CC1. The molecular weight excluding hydrogens is 701 g/mol. The van der Waals surface area contributed by atoms with Crippen LogP contribution in [-0.4, -0.2) is 44.4 Å². The summed E-state index contributed by atoms with van der Waals surface area (Å²) in [4.78, 5) is 29.4. The third-order valence-electron chi connectivity index (χ3n) is 9.24. The highest BCUT2D eigenvalue weighted by Crippen LogP contribution is 2.47. The van der Waals surface area contributed by atoms with Crippen molar-refractivity contribution in [1.82, 2.24) is 20.2 Å². The largest absolute Gasteiger partial charge is 0.573 e. The lowest BCUT2D eigenvalue weighted by molar-refractivity contribution is -0.274. The number of hydrogen-bond donors (Lipinski definition) is 1. The highest BCUT2D eigenvalue weighted by Gasteiger charge is 2.43. The lowest BCUT2D eigenvalue weighted by Gasteiger charge is -2.45. The van der Waals surface area contributed by atoms with E-state index < -0.39 is 71.6 Å². The lowest BCUT2D eigenvalue weighted by Crippen LogP contribution is -2.50. The normalized spacial score (nSPS) is 21.3. The van der Waals surface area contributed by atoms with E-state index in [-0.39, 0.29) is 47.9 Å². The summed E-state index contributed by atoms with van der Waals surface area (Å²) in [6.45, 7) is 1.12. The molecule has 0 spiro atoms. The number of carbonyl (C=O) groups is 2. The number of hydrogen-bond acceptors (Lipinski definition) is 7. The van der Waals surface area contributed by atoms with Crippen molar-refractivity contribution in [2.75, 3.05) is 9.80 Å². The van der Waals surface area contributed by atoms with Gasteiger partial charge in [-0.25, -0.2) is 0 Å². The first kappa shape index (κ1) is 37.7. The molecule has 2 aromatic carbocycles. The third kappa shape index (κ3) is 8.84. The van der Waals surface area contributed by atoms with Gasteiger partial charge < -0.3 is 20.3 Å². The molecule has 0 saturated heterocycles. The minimum Gasteiger partial charge on any atom is -0.406 e. The number of nitrogens with zero attached hydrogens (tertiary/aromatic N) is 6. The van der Waals surface area contributed by atoms with Gasteiger partial charge in [0.25, 0.3) is 5.95 Å². The molecule has 278 valence electrons. The summed E-state index contributed by atoms with van der Waals surface area (Å²) in [6, 6.07) is 2.74. The zero-order valence-electron chi connectivity index (χ0n) is 27.3. The Morgan fingerprint density at radius 1 is 0.941 bits per heavy atom. The second kappa shape index (κ2) is 14.2. The van der Waals surface area contributed by atoms with Crippen LogP contribution in [-0.2, 0) is 35.5 Å². The number of carbonyl (C=O) groups excluding carboxylic acids is 2. The molecule has 1 aliphatic carbocycles. The highest BCUT2D eigenvalue weighted by atomic mass is 19.4. The van der Waals surface area contributed by atoms with Crippen LogP contribution in [0.3, 0.4) is 0 Å². The van der Waals surface area contributed by atoms with E-state index in [2.05, 4.69) is 20.1 Å². The fourth-order valence-corrected chi connectivity index (χ4v) is 6.96. The predicted molar refractivity (Wildman–Crippen MR) is 163 cm³/mol.